The first-order valence-electron chi connectivity index (χ1n) is 5.45. The first kappa shape index (κ1) is 15.4. The average Bonchev–Trinajstić information content (AvgIpc) is 2.30. The molecule has 1 rings (SSSR count). The smallest absolute Gasteiger partial charge is 0.322 e. The Morgan fingerprint density at radius 3 is 2.26 bits per heavy atom. The Morgan fingerprint density at radius 2 is 1.79 bits per heavy atom. The zero-order valence-electron chi connectivity index (χ0n) is 10.7. The maximum atomic E-state index is 13.4. The van der Waals surface area contributed by atoms with Crippen molar-refractivity contribution in [2.45, 2.75) is 25.6 Å². The lowest BCUT2D eigenvalue weighted by Crippen LogP contribution is -2.48. The van der Waals surface area contributed by atoms with Gasteiger partial charge in [-0.25, -0.2) is 4.39 Å². The van der Waals surface area contributed by atoms with Crippen molar-refractivity contribution in [3.63, 3.8) is 0 Å². The van der Waals surface area contributed by atoms with Crippen molar-refractivity contribution < 1.29 is 22.4 Å². The molecule has 0 heterocycles. The molecule has 0 aromatic heterocycles. The number of hydrogen-bond donors (Lipinski definition) is 2. The first-order chi connectivity index (χ1) is 8.58. The number of likely N-dealkylation sites (N-methyl/N-ethyl adjacent to an activating group) is 1. The summed E-state index contributed by atoms with van der Waals surface area (Å²) in [5, 5.41) is 4.81. The Bertz CT molecular complexity index is 483. The maximum absolute atomic E-state index is 13.4. The van der Waals surface area contributed by atoms with Crippen molar-refractivity contribution in [1.82, 2.24) is 5.32 Å². The van der Waals surface area contributed by atoms with Gasteiger partial charge in [-0.1, -0.05) is 0 Å². The molecule has 7 heteroatoms. The molecule has 1 amide bonds. The van der Waals surface area contributed by atoms with Gasteiger partial charge in [0.1, 0.15) is 5.82 Å². The molecule has 0 radical (unpaired) electrons. The fourth-order valence-electron chi connectivity index (χ4n) is 1.19. The Balaban J connectivity index is 3.05. The first-order valence-corrected chi connectivity index (χ1v) is 5.45. The fraction of sp³-hybridized carbons (Fsp3) is 0.417. The van der Waals surface area contributed by atoms with Gasteiger partial charge in [0, 0.05) is 0 Å². The summed E-state index contributed by atoms with van der Waals surface area (Å²) in [5.74, 6) is -1.55. The summed E-state index contributed by atoms with van der Waals surface area (Å²) in [6.07, 6.45) is -4.59. The van der Waals surface area contributed by atoms with Gasteiger partial charge in [-0.15, -0.1) is 0 Å². The van der Waals surface area contributed by atoms with Crippen LogP contribution in [0.3, 0.4) is 0 Å². The minimum Gasteiger partial charge on any atom is -0.322 e. The quantitative estimate of drug-likeness (QED) is 0.835. The third-order valence-corrected chi connectivity index (χ3v) is 2.73. The summed E-state index contributed by atoms with van der Waals surface area (Å²) in [5.41, 5.74) is -2.55. The van der Waals surface area contributed by atoms with Crippen LogP contribution in [0.1, 0.15) is 19.4 Å². The lowest BCUT2D eigenvalue weighted by atomic mass is 10.0. The van der Waals surface area contributed by atoms with Crippen LogP contribution in [0.15, 0.2) is 18.2 Å². The van der Waals surface area contributed by atoms with E-state index in [4.69, 9.17) is 0 Å². The summed E-state index contributed by atoms with van der Waals surface area (Å²) >= 11 is 0. The van der Waals surface area contributed by atoms with Gasteiger partial charge in [0.05, 0.1) is 16.8 Å². The zero-order valence-corrected chi connectivity index (χ0v) is 10.7. The Kier molecular flexibility index (Phi) is 4.19. The monoisotopic (exact) mass is 278 g/mol. The lowest BCUT2D eigenvalue weighted by molar-refractivity contribution is -0.137. The topological polar surface area (TPSA) is 41.1 Å². The van der Waals surface area contributed by atoms with E-state index in [-0.39, 0.29) is 0 Å². The Hall–Kier alpha value is -1.63. The van der Waals surface area contributed by atoms with E-state index in [0.29, 0.717) is 18.2 Å². The molecule has 3 nitrogen and oxygen atoms in total. The molecule has 0 saturated carbocycles. The normalized spacial score (nSPS) is 12.4. The molecule has 0 aliphatic rings. The second-order valence-electron chi connectivity index (χ2n) is 4.52. The number of halogens is 4. The molecule has 0 saturated heterocycles. The van der Waals surface area contributed by atoms with Gasteiger partial charge in [-0.05, 0) is 39.1 Å². The maximum Gasteiger partial charge on any atom is 0.416 e. The third kappa shape index (κ3) is 3.66. The van der Waals surface area contributed by atoms with Crippen molar-refractivity contribution in [2.75, 3.05) is 12.4 Å². The number of carbonyl (C=O) groups excluding carboxylic acids is 1. The van der Waals surface area contributed by atoms with Crippen LogP contribution in [0.2, 0.25) is 0 Å². The minimum absolute atomic E-state index is 0.497. The van der Waals surface area contributed by atoms with Crippen LogP contribution < -0.4 is 10.6 Å². The highest BCUT2D eigenvalue weighted by Gasteiger charge is 2.32. The van der Waals surface area contributed by atoms with E-state index in [2.05, 4.69) is 10.6 Å². The summed E-state index contributed by atoms with van der Waals surface area (Å²) in [6, 6.07) is 1.86. The van der Waals surface area contributed by atoms with E-state index in [1.165, 1.54) is 20.9 Å². The van der Waals surface area contributed by atoms with Crippen LogP contribution in [0.25, 0.3) is 0 Å². The molecule has 0 bridgehead atoms. The van der Waals surface area contributed by atoms with Crippen molar-refractivity contribution in [3.8, 4) is 0 Å². The highest BCUT2D eigenvalue weighted by Crippen LogP contribution is 2.31. The number of hydrogen-bond acceptors (Lipinski definition) is 2. The standard InChI is InChI=1S/C12H14F4N2O/c1-11(2,17-3)10(19)18-9-6-7(12(14,15)16)4-5-8(9)13/h4-6,17H,1-3H3,(H,18,19). The zero-order chi connectivity index (χ0) is 14.8. The molecule has 1 aromatic rings. The molecule has 2 N–H and O–H groups in total. The predicted octanol–water partition coefficient (Wildman–Crippen LogP) is 2.78. The van der Waals surface area contributed by atoms with Crippen molar-refractivity contribution in [3.05, 3.63) is 29.6 Å². The number of rotatable bonds is 3. The van der Waals surface area contributed by atoms with Crippen LogP contribution in [-0.2, 0) is 11.0 Å². The average molecular weight is 278 g/mol. The molecule has 0 atom stereocenters. The minimum atomic E-state index is -4.59. The molecule has 0 aliphatic heterocycles. The van der Waals surface area contributed by atoms with E-state index in [1.807, 2.05) is 0 Å². The van der Waals surface area contributed by atoms with Gasteiger partial charge >= 0.3 is 6.18 Å². The number of carbonyl (C=O) groups is 1. The molecule has 19 heavy (non-hydrogen) atoms. The van der Waals surface area contributed by atoms with Crippen LogP contribution in [0.4, 0.5) is 23.2 Å². The summed E-state index contributed by atoms with van der Waals surface area (Å²) in [4.78, 5) is 11.8. The molecular weight excluding hydrogens is 264 g/mol. The Labute approximate surface area is 108 Å². The van der Waals surface area contributed by atoms with Gasteiger partial charge in [0.15, 0.2) is 0 Å². The van der Waals surface area contributed by atoms with Gasteiger partial charge in [0.2, 0.25) is 5.91 Å². The van der Waals surface area contributed by atoms with Crippen molar-refractivity contribution in [2.24, 2.45) is 0 Å². The van der Waals surface area contributed by atoms with E-state index >= 15 is 0 Å². The number of benzene rings is 1. The van der Waals surface area contributed by atoms with E-state index < -0.39 is 34.7 Å². The number of anilines is 1. The molecule has 106 valence electrons. The molecule has 1 aromatic carbocycles. The summed E-state index contributed by atoms with van der Waals surface area (Å²) in [6.45, 7) is 3.04. The van der Waals surface area contributed by atoms with Crippen LogP contribution in [0, 0.1) is 5.82 Å². The van der Waals surface area contributed by atoms with E-state index in [0.717, 1.165) is 0 Å². The van der Waals surface area contributed by atoms with Crippen molar-refractivity contribution >= 4 is 11.6 Å². The van der Waals surface area contributed by atoms with E-state index in [9.17, 15) is 22.4 Å². The fourth-order valence-corrected chi connectivity index (χ4v) is 1.19. The highest BCUT2D eigenvalue weighted by atomic mass is 19.4. The SMILES string of the molecule is CNC(C)(C)C(=O)Nc1cc(C(F)(F)F)ccc1F. The molecule has 0 aliphatic carbocycles. The number of amides is 1. The van der Waals surface area contributed by atoms with Gasteiger partial charge in [-0.2, -0.15) is 13.2 Å². The van der Waals surface area contributed by atoms with E-state index in [1.54, 1.807) is 0 Å². The predicted molar refractivity (Wildman–Crippen MR) is 63.2 cm³/mol. The molecule has 0 spiro atoms. The number of nitrogens with one attached hydrogen (secondary N) is 2. The van der Waals surface area contributed by atoms with Crippen molar-refractivity contribution in [1.29, 1.82) is 0 Å². The second-order valence-corrected chi connectivity index (χ2v) is 4.52. The largest absolute Gasteiger partial charge is 0.416 e. The third-order valence-electron chi connectivity index (χ3n) is 2.73. The number of alkyl halides is 3. The molecule has 0 unspecified atom stereocenters. The van der Waals surface area contributed by atoms with Crippen LogP contribution in [0.5, 0.6) is 0 Å². The van der Waals surface area contributed by atoms with Crippen LogP contribution >= 0.6 is 0 Å². The Morgan fingerprint density at radius 1 is 1.21 bits per heavy atom. The summed E-state index contributed by atoms with van der Waals surface area (Å²) < 4.78 is 50.9. The second kappa shape index (κ2) is 5.16. The summed E-state index contributed by atoms with van der Waals surface area (Å²) in [7, 11) is 1.52. The van der Waals surface area contributed by atoms with Gasteiger partial charge in [-0.3, -0.25) is 4.79 Å². The van der Waals surface area contributed by atoms with Gasteiger partial charge in [0.25, 0.3) is 0 Å². The lowest BCUT2D eigenvalue weighted by Gasteiger charge is -2.23. The highest BCUT2D eigenvalue weighted by molar-refractivity contribution is 5.97. The molecular formula is C12H14F4N2O. The van der Waals surface area contributed by atoms with Crippen LogP contribution in [-0.4, -0.2) is 18.5 Å². The molecule has 0 fully saturated rings. The van der Waals surface area contributed by atoms with Gasteiger partial charge < -0.3 is 10.6 Å².